The monoisotopic (exact) mass is 386 g/mol. The van der Waals surface area contributed by atoms with E-state index in [0.29, 0.717) is 5.56 Å². The molecule has 2 aromatic rings. The fraction of sp³-hybridized carbons (Fsp3) is 0.318. The summed E-state index contributed by atoms with van der Waals surface area (Å²) in [4.78, 5) is 16.8. The van der Waals surface area contributed by atoms with E-state index in [-0.39, 0.29) is 11.5 Å². The average molecular weight is 386 g/mol. The fourth-order valence-corrected chi connectivity index (χ4v) is 3.23. The van der Waals surface area contributed by atoms with Gasteiger partial charge in [0.1, 0.15) is 5.75 Å². The molecule has 0 bridgehead atoms. The SMILES string of the molecule is Cc1cccc(CN2CCN(/C=C/C(=O)c3cccc(OC(F)F)c3)CC2)c1. The van der Waals surface area contributed by atoms with Gasteiger partial charge in [-0.1, -0.05) is 42.0 Å². The van der Waals surface area contributed by atoms with Gasteiger partial charge in [-0.15, -0.1) is 0 Å². The largest absolute Gasteiger partial charge is 0.435 e. The molecule has 28 heavy (non-hydrogen) atoms. The summed E-state index contributed by atoms with van der Waals surface area (Å²) in [6, 6.07) is 14.4. The van der Waals surface area contributed by atoms with Crippen LogP contribution in [0.5, 0.6) is 5.75 Å². The molecule has 1 saturated heterocycles. The maximum atomic E-state index is 12.3. The van der Waals surface area contributed by atoms with Crippen molar-refractivity contribution in [1.29, 1.82) is 0 Å². The number of hydrogen-bond donors (Lipinski definition) is 0. The van der Waals surface area contributed by atoms with Crippen LogP contribution in [0.3, 0.4) is 0 Å². The Labute approximate surface area is 164 Å². The van der Waals surface area contributed by atoms with Crippen LogP contribution < -0.4 is 4.74 Å². The van der Waals surface area contributed by atoms with Crippen molar-refractivity contribution < 1.29 is 18.3 Å². The van der Waals surface area contributed by atoms with Gasteiger partial charge in [-0.3, -0.25) is 9.69 Å². The normalized spacial score (nSPS) is 15.4. The average Bonchev–Trinajstić information content (AvgIpc) is 2.67. The van der Waals surface area contributed by atoms with Crippen molar-refractivity contribution in [3.8, 4) is 5.75 Å². The van der Waals surface area contributed by atoms with Gasteiger partial charge in [0.2, 0.25) is 0 Å². The highest BCUT2D eigenvalue weighted by Gasteiger charge is 2.15. The Bertz CT molecular complexity index is 831. The number of carbonyl (C=O) groups excluding carboxylic acids is 1. The molecule has 1 aliphatic rings. The molecule has 1 heterocycles. The summed E-state index contributed by atoms with van der Waals surface area (Å²) in [7, 11) is 0. The first-order valence-electron chi connectivity index (χ1n) is 9.29. The Morgan fingerprint density at radius 3 is 2.57 bits per heavy atom. The molecule has 148 valence electrons. The van der Waals surface area contributed by atoms with E-state index in [9.17, 15) is 13.6 Å². The first-order chi connectivity index (χ1) is 13.5. The Kier molecular flexibility index (Phi) is 6.76. The van der Waals surface area contributed by atoms with Gasteiger partial charge in [0, 0.05) is 50.6 Å². The summed E-state index contributed by atoms with van der Waals surface area (Å²) in [6.07, 6.45) is 3.27. The lowest BCUT2D eigenvalue weighted by Crippen LogP contribution is -2.43. The van der Waals surface area contributed by atoms with Crippen LogP contribution in [-0.4, -0.2) is 48.4 Å². The molecule has 0 atom stereocenters. The molecule has 0 aromatic heterocycles. The predicted molar refractivity (Wildman–Crippen MR) is 105 cm³/mol. The van der Waals surface area contributed by atoms with Crippen molar-refractivity contribution in [2.75, 3.05) is 26.2 Å². The van der Waals surface area contributed by atoms with E-state index in [0.717, 1.165) is 32.7 Å². The molecule has 0 spiro atoms. The van der Waals surface area contributed by atoms with E-state index in [1.165, 1.54) is 35.4 Å². The first-order valence-corrected chi connectivity index (χ1v) is 9.29. The van der Waals surface area contributed by atoms with Gasteiger partial charge in [-0.05, 0) is 24.6 Å². The van der Waals surface area contributed by atoms with Crippen LogP contribution in [0.15, 0.2) is 60.8 Å². The van der Waals surface area contributed by atoms with Crippen LogP contribution in [-0.2, 0) is 6.54 Å². The summed E-state index contributed by atoms with van der Waals surface area (Å²) in [5.41, 5.74) is 2.90. The highest BCUT2D eigenvalue weighted by atomic mass is 19.3. The number of ether oxygens (including phenoxy) is 1. The molecule has 0 amide bonds. The van der Waals surface area contributed by atoms with Crippen molar-refractivity contribution in [2.45, 2.75) is 20.1 Å². The standard InChI is InChI=1S/C22H24F2N2O2/c1-17-4-2-5-18(14-17)16-26-12-10-25(11-13-26)9-8-21(27)19-6-3-7-20(15-19)28-22(23)24/h2-9,14-15,22H,10-13,16H2,1H3/b9-8+. The molecule has 0 N–H and O–H groups in total. The molecule has 2 aromatic carbocycles. The zero-order valence-electron chi connectivity index (χ0n) is 15.9. The van der Waals surface area contributed by atoms with E-state index in [2.05, 4.69) is 45.7 Å². The van der Waals surface area contributed by atoms with E-state index < -0.39 is 6.61 Å². The van der Waals surface area contributed by atoms with E-state index >= 15 is 0 Å². The Morgan fingerprint density at radius 1 is 1.11 bits per heavy atom. The van der Waals surface area contributed by atoms with Gasteiger partial charge >= 0.3 is 6.61 Å². The van der Waals surface area contributed by atoms with E-state index in [4.69, 9.17) is 0 Å². The third kappa shape index (κ3) is 5.89. The number of alkyl halides is 2. The summed E-state index contributed by atoms with van der Waals surface area (Å²) < 4.78 is 28.9. The lowest BCUT2D eigenvalue weighted by molar-refractivity contribution is -0.0498. The number of rotatable bonds is 7. The Hall–Kier alpha value is -2.73. The number of benzene rings is 2. The minimum Gasteiger partial charge on any atom is -0.435 e. The first kappa shape index (κ1) is 20.0. The third-order valence-electron chi connectivity index (χ3n) is 4.68. The minimum atomic E-state index is -2.91. The highest BCUT2D eigenvalue weighted by molar-refractivity contribution is 6.04. The number of nitrogens with zero attached hydrogens (tertiary/aromatic N) is 2. The molecule has 6 heteroatoms. The summed E-state index contributed by atoms with van der Waals surface area (Å²) in [6.45, 7) is 3.63. The Morgan fingerprint density at radius 2 is 1.86 bits per heavy atom. The van der Waals surface area contributed by atoms with Crippen LogP contribution in [0.2, 0.25) is 0 Å². The van der Waals surface area contributed by atoms with Crippen LogP contribution in [0.1, 0.15) is 21.5 Å². The molecular weight excluding hydrogens is 362 g/mol. The van der Waals surface area contributed by atoms with Crippen molar-refractivity contribution in [3.05, 3.63) is 77.5 Å². The number of piperazine rings is 1. The maximum absolute atomic E-state index is 12.3. The molecule has 0 saturated carbocycles. The van der Waals surface area contributed by atoms with Crippen molar-refractivity contribution in [3.63, 3.8) is 0 Å². The van der Waals surface area contributed by atoms with Crippen molar-refractivity contribution >= 4 is 5.78 Å². The van der Waals surface area contributed by atoms with E-state index in [1.807, 2.05) is 0 Å². The molecular formula is C22H24F2N2O2. The van der Waals surface area contributed by atoms with Gasteiger partial charge in [0.15, 0.2) is 5.78 Å². The summed E-state index contributed by atoms with van der Waals surface area (Å²) >= 11 is 0. The number of halogens is 2. The summed E-state index contributed by atoms with van der Waals surface area (Å²) in [5, 5.41) is 0. The number of ketones is 1. The second kappa shape index (κ2) is 9.46. The van der Waals surface area contributed by atoms with Crippen LogP contribution in [0.4, 0.5) is 8.78 Å². The zero-order chi connectivity index (χ0) is 19.9. The second-order valence-corrected chi connectivity index (χ2v) is 6.89. The van der Waals surface area contributed by atoms with Crippen LogP contribution in [0, 0.1) is 6.92 Å². The van der Waals surface area contributed by atoms with Crippen LogP contribution in [0.25, 0.3) is 0 Å². The minimum absolute atomic E-state index is 0.0148. The van der Waals surface area contributed by atoms with Gasteiger partial charge in [0.05, 0.1) is 0 Å². The van der Waals surface area contributed by atoms with Crippen LogP contribution >= 0.6 is 0 Å². The number of aryl methyl sites for hydroxylation is 1. The third-order valence-corrected chi connectivity index (χ3v) is 4.68. The summed E-state index contributed by atoms with van der Waals surface area (Å²) in [5.74, 6) is -0.249. The Balaban J connectivity index is 1.50. The predicted octanol–water partition coefficient (Wildman–Crippen LogP) is 4.11. The van der Waals surface area contributed by atoms with E-state index in [1.54, 1.807) is 12.3 Å². The zero-order valence-corrected chi connectivity index (χ0v) is 15.9. The lowest BCUT2D eigenvalue weighted by Gasteiger charge is -2.34. The number of carbonyl (C=O) groups is 1. The van der Waals surface area contributed by atoms with Crippen molar-refractivity contribution in [1.82, 2.24) is 9.80 Å². The second-order valence-electron chi connectivity index (χ2n) is 6.89. The molecule has 0 unspecified atom stereocenters. The molecule has 0 radical (unpaired) electrons. The lowest BCUT2D eigenvalue weighted by atomic mass is 10.1. The number of allylic oxidation sites excluding steroid dienone is 1. The van der Waals surface area contributed by atoms with Gasteiger partial charge < -0.3 is 9.64 Å². The molecule has 3 rings (SSSR count). The van der Waals surface area contributed by atoms with Gasteiger partial charge in [0.25, 0.3) is 0 Å². The topological polar surface area (TPSA) is 32.8 Å². The van der Waals surface area contributed by atoms with Gasteiger partial charge in [-0.25, -0.2) is 0 Å². The maximum Gasteiger partial charge on any atom is 0.387 e. The highest BCUT2D eigenvalue weighted by Crippen LogP contribution is 2.17. The molecule has 1 fully saturated rings. The molecule has 0 aliphatic carbocycles. The van der Waals surface area contributed by atoms with Gasteiger partial charge in [-0.2, -0.15) is 8.78 Å². The number of hydrogen-bond acceptors (Lipinski definition) is 4. The fourth-order valence-electron chi connectivity index (χ4n) is 3.23. The molecule has 1 aliphatic heterocycles. The molecule has 4 nitrogen and oxygen atoms in total. The smallest absolute Gasteiger partial charge is 0.387 e. The quantitative estimate of drug-likeness (QED) is 0.530. The van der Waals surface area contributed by atoms with Crippen molar-refractivity contribution in [2.24, 2.45) is 0 Å².